The Bertz CT molecular complexity index is 922. The van der Waals surface area contributed by atoms with Gasteiger partial charge in [-0.25, -0.2) is 9.78 Å². The Balaban J connectivity index is 1.76. The molecule has 10 nitrogen and oxygen atoms in total. The second-order valence-electron chi connectivity index (χ2n) is 10.2. The number of likely N-dealkylation sites (tertiary alicyclic amines) is 1. The third-order valence-electron chi connectivity index (χ3n) is 7.18. The van der Waals surface area contributed by atoms with Gasteiger partial charge in [0.1, 0.15) is 23.8 Å². The molecule has 1 aromatic heterocycles. The molecule has 1 saturated heterocycles. The number of hydrogen-bond donors (Lipinski definition) is 3. The number of carboxylic acid groups (broad SMARTS) is 1. The highest BCUT2D eigenvalue weighted by atomic mass is 16.4. The van der Waals surface area contributed by atoms with Gasteiger partial charge >= 0.3 is 5.97 Å². The minimum atomic E-state index is -1.000. The molecule has 2 fully saturated rings. The van der Waals surface area contributed by atoms with E-state index in [0.717, 1.165) is 12.8 Å². The SMILES string of the molecule is CC(C)[C@H](NC(=O)c1cnccn1)C(=O)N[C@H](C(=O)N1C[C@H]2[C@H](CC[C@H]2C)[C@H]1C(=O)O)C(C)C. The van der Waals surface area contributed by atoms with Crippen molar-refractivity contribution in [1.82, 2.24) is 25.5 Å². The van der Waals surface area contributed by atoms with Crippen LogP contribution in [0.3, 0.4) is 0 Å². The maximum atomic E-state index is 13.6. The summed E-state index contributed by atoms with van der Waals surface area (Å²) >= 11 is 0. The molecule has 0 aromatic carbocycles. The fourth-order valence-electron chi connectivity index (χ4n) is 5.23. The highest BCUT2D eigenvalue weighted by molar-refractivity contribution is 5.97. The maximum absolute atomic E-state index is 13.6. The normalized spacial score (nSPS) is 25.7. The van der Waals surface area contributed by atoms with E-state index >= 15 is 0 Å². The van der Waals surface area contributed by atoms with Crippen LogP contribution in [0.1, 0.15) is 57.9 Å². The van der Waals surface area contributed by atoms with Crippen LogP contribution in [0.2, 0.25) is 0 Å². The molecule has 3 rings (SSSR count). The van der Waals surface area contributed by atoms with Gasteiger partial charge in [0.15, 0.2) is 0 Å². The van der Waals surface area contributed by atoms with Crippen LogP contribution in [-0.4, -0.2) is 68.3 Å². The molecule has 0 radical (unpaired) electrons. The maximum Gasteiger partial charge on any atom is 0.326 e. The van der Waals surface area contributed by atoms with Crippen molar-refractivity contribution in [3.05, 3.63) is 24.3 Å². The Morgan fingerprint density at radius 3 is 2.24 bits per heavy atom. The summed E-state index contributed by atoms with van der Waals surface area (Å²) in [5.41, 5.74) is 0.0828. The number of carbonyl (C=O) groups is 4. The van der Waals surface area contributed by atoms with Crippen LogP contribution in [0.15, 0.2) is 18.6 Å². The van der Waals surface area contributed by atoms with E-state index in [1.54, 1.807) is 27.7 Å². The number of carboxylic acids is 1. The van der Waals surface area contributed by atoms with E-state index in [0.29, 0.717) is 12.5 Å². The predicted octanol–water partition coefficient (Wildman–Crippen LogP) is 1.33. The summed E-state index contributed by atoms with van der Waals surface area (Å²) in [6.07, 6.45) is 5.89. The largest absolute Gasteiger partial charge is 0.480 e. The minimum absolute atomic E-state index is 0.0605. The summed E-state index contributed by atoms with van der Waals surface area (Å²) in [6.45, 7) is 9.68. The van der Waals surface area contributed by atoms with Crippen LogP contribution in [-0.2, 0) is 14.4 Å². The van der Waals surface area contributed by atoms with E-state index in [4.69, 9.17) is 0 Å². The first kappa shape index (κ1) is 25.6. The molecule has 0 bridgehead atoms. The number of amides is 3. The van der Waals surface area contributed by atoms with Crippen molar-refractivity contribution in [2.24, 2.45) is 29.6 Å². The monoisotopic (exact) mass is 473 g/mol. The highest BCUT2D eigenvalue weighted by Crippen LogP contribution is 2.46. The van der Waals surface area contributed by atoms with Crippen LogP contribution in [0.4, 0.5) is 0 Å². The summed E-state index contributed by atoms with van der Waals surface area (Å²) in [7, 11) is 0. The van der Waals surface area contributed by atoms with E-state index in [1.807, 2.05) is 0 Å². The number of rotatable bonds is 8. The molecule has 6 atom stereocenters. The summed E-state index contributed by atoms with van der Waals surface area (Å²) in [6, 6.07) is -2.69. The zero-order valence-corrected chi connectivity index (χ0v) is 20.4. The predicted molar refractivity (Wildman–Crippen MR) is 123 cm³/mol. The van der Waals surface area contributed by atoms with Crippen molar-refractivity contribution in [3.8, 4) is 0 Å². The van der Waals surface area contributed by atoms with Crippen molar-refractivity contribution < 1.29 is 24.3 Å². The van der Waals surface area contributed by atoms with Gasteiger partial charge in [0, 0.05) is 18.9 Å². The topological polar surface area (TPSA) is 142 Å². The fourth-order valence-corrected chi connectivity index (χ4v) is 5.23. The Labute approximate surface area is 199 Å². The van der Waals surface area contributed by atoms with Gasteiger partial charge in [-0.15, -0.1) is 0 Å². The average Bonchev–Trinajstić information content (AvgIpc) is 3.34. The van der Waals surface area contributed by atoms with E-state index in [9.17, 15) is 24.3 Å². The zero-order valence-electron chi connectivity index (χ0n) is 20.4. The quantitative estimate of drug-likeness (QED) is 0.517. The van der Waals surface area contributed by atoms with Crippen molar-refractivity contribution in [3.63, 3.8) is 0 Å². The highest BCUT2D eigenvalue weighted by Gasteiger charge is 2.53. The molecule has 1 aromatic rings. The molecule has 2 aliphatic rings. The van der Waals surface area contributed by atoms with Gasteiger partial charge < -0.3 is 20.6 Å². The Kier molecular flexibility index (Phi) is 7.89. The van der Waals surface area contributed by atoms with E-state index < -0.39 is 35.9 Å². The van der Waals surface area contributed by atoms with Gasteiger partial charge in [-0.3, -0.25) is 19.4 Å². The van der Waals surface area contributed by atoms with Crippen molar-refractivity contribution in [2.45, 2.75) is 65.6 Å². The molecule has 1 saturated carbocycles. The summed E-state index contributed by atoms with van der Waals surface area (Å²) < 4.78 is 0. The smallest absolute Gasteiger partial charge is 0.326 e. The number of fused-ring (bicyclic) bond motifs is 1. The minimum Gasteiger partial charge on any atom is -0.480 e. The van der Waals surface area contributed by atoms with Gasteiger partial charge in [0.2, 0.25) is 11.8 Å². The molecule has 0 unspecified atom stereocenters. The Morgan fingerprint density at radius 1 is 1.00 bits per heavy atom. The second kappa shape index (κ2) is 10.5. The second-order valence-corrected chi connectivity index (χ2v) is 10.2. The lowest BCUT2D eigenvalue weighted by Gasteiger charge is -2.32. The lowest BCUT2D eigenvalue weighted by Crippen LogP contribution is -2.58. The molecule has 34 heavy (non-hydrogen) atoms. The number of nitrogens with zero attached hydrogens (tertiary/aromatic N) is 3. The van der Waals surface area contributed by atoms with Gasteiger partial charge in [-0.05, 0) is 36.0 Å². The molecule has 2 heterocycles. The van der Waals surface area contributed by atoms with E-state index in [2.05, 4.69) is 27.5 Å². The number of aliphatic carboxylic acids is 1. The van der Waals surface area contributed by atoms with E-state index in [-0.39, 0.29) is 35.3 Å². The van der Waals surface area contributed by atoms with Crippen LogP contribution >= 0.6 is 0 Å². The van der Waals surface area contributed by atoms with Gasteiger partial charge in [0.25, 0.3) is 5.91 Å². The first-order valence-corrected chi connectivity index (χ1v) is 11.9. The van der Waals surface area contributed by atoms with Crippen LogP contribution in [0.5, 0.6) is 0 Å². The van der Waals surface area contributed by atoms with E-state index in [1.165, 1.54) is 23.5 Å². The van der Waals surface area contributed by atoms with Crippen LogP contribution in [0, 0.1) is 29.6 Å². The average molecular weight is 474 g/mol. The Morgan fingerprint density at radius 2 is 1.68 bits per heavy atom. The molecule has 3 amide bonds. The Hall–Kier alpha value is -3.04. The zero-order chi connectivity index (χ0) is 25.2. The van der Waals surface area contributed by atoms with Crippen molar-refractivity contribution in [2.75, 3.05) is 6.54 Å². The molecule has 186 valence electrons. The number of aromatic nitrogens is 2. The number of nitrogens with one attached hydrogen (secondary N) is 2. The van der Waals surface area contributed by atoms with Crippen molar-refractivity contribution in [1.29, 1.82) is 0 Å². The lowest BCUT2D eigenvalue weighted by atomic mass is 9.90. The molecule has 0 spiro atoms. The fraction of sp³-hybridized carbons (Fsp3) is 0.667. The first-order valence-electron chi connectivity index (χ1n) is 11.9. The van der Waals surface area contributed by atoms with Crippen LogP contribution in [0.25, 0.3) is 0 Å². The number of hydrogen-bond acceptors (Lipinski definition) is 6. The van der Waals surface area contributed by atoms with Crippen molar-refractivity contribution >= 4 is 23.7 Å². The molecule has 10 heteroatoms. The molecular formula is C24H35N5O5. The first-order chi connectivity index (χ1) is 16.0. The third kappa shape index (κ3) is 5.20. The summed E-state index contributed by atoms with van der Waals surface area (Å²) in [5, 5.41) is 15.4. The number of carbonyl (C=O) groups excluding carboxylic acids is 3. The standard InChI is InChI=1S/C24H35N5O5/c1-12(2)18(27-21(30)17-10-25-8-9-26-17)22(31)28-19(13(3)4)23(32)29-11-16-14(5)6-7-15(16)20(29)24(33)34/h8-10,12-16,18-20H,6-7,11H2,1-5H3,(H,27,30)(H,28,31)(H,33,34)/t14-,15+,16-,18+,19+,20+/m1/s1. The molecular weight excluding hydrogens is 438 g/mol. The van der Waals surface area contributed by atoms with Gasteiger partial charge in [-0.2, -0.15) is 0 Å². The molecule has 1 aliphatic heterocycles. The van der Waals surface area contributed by atoms with Crippen LogP contribution < -0.4 is 10.6 Å². The third-order valence-corrected chi connectivity index (χ3v) is 7.18. The molecule has 3 N–H and O–H groups in total. The van der Waals surface area contributed by atoms with Gasteiger partial charge in [0.05, 0.1) is 6.20 Å². The van der Waals surface area contributed by atoms with Gasteiger partial charge in [-0.1, -0.05) is 41.0 Å². The summed E-state index contributed by atoms with van der Waals surface area (Å²) in [5.74, 6) is -2.51. The molecule has 1 aliphatic carbocycles. The summed E-state index contributed by atoms with van der Waals surface area (Å²) in [4.78, 5) is 60.7. The lowest BCUT2D eigenvalue weighted by molar-refractivity contribution is -0.151.